The van der Waals surface area contributed by atoms with Crippen LogP contribution in [-0.2, 0) is 16.4 Å². The second-order valence-corrected chi connectivity index (χ2v) is 9.46. The summed E-state index contributed by atoms with van der Waals surface area (Å²) in [6.45, 7) is 8.27. The van der Waals surface area contributed by atoms with E-state index >= 15 is 0 Å². The quantitative estimate of drug-likeness (QED) is 0.560. The summed E-state index contributed by atoms with van der Waals surface area (Å²) >= 11 is 1.69. The lowest BCUT2D eigenvalue weighted by Crippen LogP contribution is -2.42. The van der Waals surface area contributed by atoms with Gasteiger partial charge in [-0.25, -0.2) is 13.4 Å². The Kier molecular flexibility index (Phi) is 7.35. The predicted octanol–water partition coefficient (Wildman–Crippen LogP) is 2.26. The molecule has 0 aliphatic carbocycles. The lowest BCUT2D eigenvalue weighted by Gasteiger charge is -2.25. The molecule has 7 heteroatoms. The summed E-state index contributed by atoms with van der Waals surface area (Å²) in [5.41, 5.74) is -0.109. The first-order chi connectivity index (χ1) is 10.2. The van der Waals surface area contributed by atoms with Gasteiger partial charge in [-0.05, 0) is 30.2 Å². The molecule has 0 spiro atoms. The minimum absolute atomic E-state index is 0.109. The highest BCUT2D eigenvalue weighted by Crippen LogP contribution is 2.19. The van der Waals surface area contributed by atoms with Crippen molar-refractivity contribution < 1.29 is 8.42 Å². The maximum Gasteiger partial charge on any atom is 0.191 e. The monoisotopic (exact) mass is 345 g/mol. The van der Waals surface area contributed by atoms with Crippen LogP contribution >= 0.6 is 11.3 Å². The van der Waals surface area contributed by atoms with Gasteiger partial charge in [0.05, 0.1) is 12.3 Å². The summed E-state index contributed by atoms with van der Waals surface area (Å²) in [6, 6.07) is 4.08. The maximum atomic E-state index is 11.3. The van der Waals surface area contributed by atoms with Crippen LogP contribution in [0.15, 0.2) is 22.5 Å². The van der Waals surface area contributed by atoms with Crippen molar-refractivity contribution in [3.8, 4) is 0 Å². The van der Waals surface area contributed by atoms with Crippen molar-refractivity contribution in [1.29, 1.82) is 0 Å². The second-order valence-electron chi connectivity index (χ2n) is 6.17. The number of rotatable bonds is 8. The zero-order valence-corrected chi connectivity index (χ0v) is 15.5. The van der Waals surface area contributed by atoms with Gasteiger partial charge in [0.15, 0.2) is 5.96 Å². The zero-order chi connectivity index (χ0) is 16.6. The van der Waals surface area contributed by atoms with Gasteiger partial charge in [0.25, 0.3) is 0 Å². The van der Waals surface area contributed by atoms with Crippen LogP contribution in [0, 0.1) is 5.41 Å². The molecule has 1 aromatic heterocycles. The van der Waals surface area contributed by atoms with Gasteiger partial charge in [-0.1, -0.05) is 19.9 Å². The second kappa shape index (κ2) is 8.53. The highest BCUT2D eigenvalue weighted by Gasteiger charge is 2.20. The van der Waals surface area contributed by atoms with E-state index < -0.39 is 9.84 Å². The van der Waals surface area contributed by atoms with Crippen molar-refractivity contribution in [2.75, 3.05) is 25.1 Å². The lowest BCUT2D eigenvalue weighted by atomic mass is 9.90. The third-order valence-corrected chi connectivity index (χ3v) is 5.01. The van der Waals surface area contributed by atoms with Gasteiger partial charge in [-0.2, -0.15) is 0 Å². The molecule has 0 saturated carbocycles. The number of hydrogen-bond acceptors (Lipinski definition) is 4. The average molecular weight is 346 g/mol. The maximum absolute atomic E-state index is 11.3. The van der Waals surface area contributed by atoms with Crippen molar-refractivity contribution in [2.45, 2.75) is 33.7 Å². The summed E-state index contributed by atoms with van der Waals surface area (Å²) < 4.78 is 22.6. The van der Waals surface area contributed by atoms with E-state index in [-0.39, 0.29) is 11.2 Å². The number of guanidine groups is 1. The Labute approximate surface area is 138 Å². The molecule has 0 bridgehead atoms. The zero-order valence-electron chi connectivity index (χ0n) is 13.8. The normalized spacial score (nSPS) is 13.2. The van der Waals surface area contributed by atoms with Crippen LogP contribution in [0.3, 0.4) is 0 Å². The van der Waals surface area contributed by atoms with E-state index in [9.17, 15) is 8.42 Å². The molecule has 0 aromatic carbocycles. The van der Waals surface area contributed by atoms with Gasteiger partial charge in [-0.15, -0.1) is 11.3 Å². The Morgan fingerprint density at radius 1 is 1.36 bits per heavy atom. The predicted molar refractivity (Wildman–Crippen MR) is 95.2 cm³/mol. The average Bonchev–Trinajstić information content (AvgIpc) is 2.92. The van der Waals surface area contributed by atoms with Gasteiger partial charge in [0, 0.05) is 24.2 Å². The fourth-order valence-corrected chi connectivity index (χ4v) is 3.33. The number of sulfone groups is 1. The fourth-order valence-electron chi connectivity index (χ4n) is 1.77. The van der Waals surface area contributed by atoms with E-state index in [1.165, 1.54) is 11.1 Å². The molecule has 0 atom stereocenters. The number of hydrogen-bond donors (Lipinski definition) is 2. The van der Waals surface area contributed by atoms with Crippen LogP contribution in [0.25, 0.3) is 0 Å². The van der Waals surface area contributed by atoms with Crippen LogP contribution in [0.4, 0.5) is 0 Å². The minimum Gasteiger partial charge on any atom is -0.357 e. The Morgan fingerprint density at radius 2 is 2.09 bits per heavy atom. The van der Waals surface area contributed by atoms with Crippen molar-refractivity contribution in [2.24, 2.45) is 10.4 Å². The molecule has 1 heterocycles. The van der Waals surface area contributed by atoms with Crippen LogP contribution in [0.1, 0.15) is 32.1 Å². The molecule has 126 valence electrons. The molecular formula is C15H27N3O2S2. The van der Waals surface area contributed by atoms with Crippen LogP contribution < -0.4 is 10.6 Å². The molecule has 0 aliphatic heterocycles. The smallest absolute Gasteiger partial charge is 0.191 e. The first-order valence-corrected chi connectivity index (χ1v) is 10.4. The number of nitrogens with zero attached hydrogens (tertiary/aromatic N) is 1. The van der Waals surface area contributed by atoms with E-state index in [2.05, 4.69) is 35.5 Å². The molecule has 0 aliphatic rings. The molecule has 0 unspecified atom stereocenters. The van der Waals surface area contributed by atoms with Crippen molar-refractivity contribution in [3.63, 3.8) is 0 Å². The third kappa shape index (κ3) is 8.38. The standard InChI is InChI=1S/C15H27N3O2S2/c1-5-16-14(17-11-13-7-6-9-21-13)18-12-15(2,3)8-10-22(4,19)20/h6-7,9H,5,8,10-12H2,1-4H3,(H2,16,17,18). The number of nitrogens with one attached hydrogen (secondary N) is 2. The molecule has 22 heavy (non-hydrogen) atoms. The molecule has 2 N–H and O–H groups in total. The van der Waals surface area contributed by atoms with Crippen LogP contribution in [-0.4, -0.2) is 39.5 Å². The SMILES string of the molecule is CCNC(=NCc1cccs1)NCC(C)(C)CCS(C)(=O)=O. The van der Waals surface area contributed by atoms with Crippen molar-refractivity contribution in [3.05, 3.63) is 22.4 Å². The summed E-state index contributed by atoms with van der Waals surface area (Å²) in [5.74, 6) is 0.980. The topological polar surface area (TPSA) is 70.6 Å². The summed E-state index contributed by atoms with van der Waals surface area (Å²) in [4.78, 5) is 5.77. The molecule has 0 fully saturated rings. The molecule has 5 nitrogen and oxygen atoms in total. The molecule has 1 aromatic rings. The molecule has 0 radical (unpaired) electrons. The summed E-state index contributed by atoms with van der Waals surface area (Å²) in [7, 11) is -2.92. The Bertz CT molecular complexity index is 564. The Hall–Kier alpha value is -1.08. The fraction of sp³-hybridized carbons (Fsp3) is 0.667. The molecule has 0 saturated heterocycles. The first kappa shape index (κ1) is 19.0. The summed E-state index contributed by atoms with van der Waals surface area (Å²) in [5, 5.41) is 8.56. The van der Waals surface area contributed by atoms with Gasteiger partial charge in [0.1, 0.15) is 9.84 Å². The van der Waals surface area contributed by atoms with Gasteiger partial charge >= 0.3 is 0 Å². The van der Waals surface area contributed by atoms with Crippen molar-refractivity contribution in [1.82, 2.24) is 10.6 Å². The van der Waals surface area contributed by atoms with E-state index in [0.717, 1.165) is 12.5 Å². The summed E-state index contributed by atoms with van der Waals surface area (Å²) in [6.07, 6.45) is 1.91. The first-order valence-electron chi connectivity index (χ1n) is 7.44. The lowest BCUT2D eigenvalue weighted by molar-refractivity contribution is 0.348. The van der Waals surface area contributed by atoms with E-state index in [4.69, 9.17) is 0 Å². The van der Waals surface area contributed by atoms with Crippen LogP contribution in [0.2, 0.25) is 0 Å². The number of aliphatic imine (C=N–C) groups is 1. The highest BCUT2D eigenvalue weighted by molar-refractivity contribution is 7.90. The largest absolute Gasteiger partial charge is 0.357 e. The van der Waals surface area contributed by atoms with Crippen LogP contribution in [0.5, 0.6) is 0 Å². The van der Waals surface area contributed by atoms with E-state index in [1.54, 1.807) is 11.3 Å². The minimum atomic E-state index is -2.92. The molecule has 1 rings (SSSR count). The van der Waals surface area contributed by atoms with Crippen molar-refractivity contribution >= 4 is 27.1 Å². The highest BCUT2D eigenvalue weighted by atomic mass is 32.2. The third-order valence-electron chi connectivity index (χ3n) is 3.20. The van der Waals surface area contributed by atoms with Gasteiger partial charge in [0.2, 0.25) is 0 Å². The van der Waals surface area contributed by atoms with Gasteiger partial charge < -0.3 is 10.6 Å². The Balaban J connectivity index is 2.53. The van der Waals surface area contributed by atoms with E-state index in [1.807, 2.05) is 18.4 Å². The number of thiophene rings is 1. The Morgan fingerprint density at radius 3 is 2.64 bits per heavy atom. The molecule has 0 amide bonds. The van der Waals surface area contributed by atoms with E-state index in [0.29, 0.717) is 19.5 Å². The van der Waals surface area contributed by atoms with Gasteiger partial charge in [-0.3, -0.25) is 0 Å². The molecular weight excluding hydrogens is 318 g/mol.